The van der Waals surface area contributed by atoms with Crippen LogP contribution in [0.2, 0.25) is 0 Å². The van der Waals surface area contributed by atoms with Gasteiger partial charge in [-0.1, -0.05) is 6.07 Å². The van der Waals surface area contributed by atoms with Gasteiger partial charge in [-0.3, -0.25) is 10.1 Å². The molecule has 0 radical (unpaired) electrons. The van der Waals surface area contributed by atoms with E-state index in [4.69, 9.17) is 9.47 Å². The van der Waals surface area contributed by atoms with E-state index < -0.39 is 4.92 Å². The SMILES string of the molecule is CSC(=C[N+](=O)[O-])NCc1ccc2c(c1)OCO2. The fraction of sp³-hybridized carbons (Fsp3) is 0.273. The average Bonchev–Trinajstić information content (AvgIpc) is 2.81. The van der Waals surface area contributed by atoms with E-state index >= 15 is 0 Å². The maximum absolute atomic E-state index is 10.4. The predicted octanol–water partition coefficient (Wildman–Crippen LogP) is 1.94. The summed E-state index contributed by atoms with van der Waals surface area (Å²) in [4.78, 5) is 9.90. The first-order valence-corrected chi connectivity index (χ1v) is 6.43. The van der Waals surface area contributed by atoms with Crippen LogP contribution in [0.15, 0.2) is 29.4 Å². The summed E-state index contributed by atoms with van der Waals surface area (Å²) in [5.41, 5.74) is 0.975. The molecule has 0 spiro atoms. The topological polar surface area (TPSA) is 73.6 Å². The summed E-state index contributed by atoms with van der Waals surface area (Å²) in [5.74, 6) is 1.43. The quantitative estimate of drug-likeness (QED) is 0.650. The van der Waals surface area contributed by atoms with E-state index in [0.717, 1.165) is 17.5 Å². The van der Waals surface area contributed by atoms with Crippen molar-refractivity contribution in [2.45, 2.75) is 6.54 Å². The van der Waals surface area contributed by atoms with Crippen molar-refractivity contribution in [1.29, 1.82) is 0 Å². The Morgan fingerprint density at radius 2 is 2.33 bits per heavy atom. The smallest absolute Gasteiger partial charge is 0.263 e. The molecule has 1 heterocycles. The van der Waals surface area contributed by atoms with Gasteiger partial charge in [0.15, 0.2) is 11.5 Å². The standard InChI is InChI=1S/C11H12N2O4S/c1-18-11(6-13(14)15)12-5-8-2-3-9-10(4-8)17-7-16-9/h2-4,6,12H,5,7H2,1H3. The van der Waals surface area contributed by atoms with Gasteiger partial charge in [-0.15, -0.1) is 11.8 Å². The Morgan fingerprint density at radius 1 is 1.56 bits per heavy atom. The lowest BCUT2D eigenvalue weighted by atomic mass is 10.2. The Balaban J connectivity index is 2.00. The Bertz CT molecular complexity index is 490. The lowest BCUT2D eigenvalue weighted by molar-refractivity contribution is -0.403. The van der Waals surface area contributed by atoms with E-state index in [0.29, 0.717) is 17.3 Å². The minimum Gasteiger partial charge on any atom is -0.454 e. The summed E-state index contributed by atoms with van der Waals surface area (Å²) < 4.78 is 10.5. The highest BCUT2D eigenvalue weighted by Gasteiger charge is 2.13. The first-order valence-electron chi connectivity index (χ1n) is 5.21. The van der Waals surface area contributed by atoms with Gasteiger partial charge in [0.1, 0.15) is 5.03 Å². The third-order valence-electron chi connectivity index (χ3n) is 2.35. The van der Waals surface area contributed by atoms with Gasteiger partial charge in [0.05, 0.1) is 4.92 Å². The van der Waals surface area contributed by atoms with Crippen molar-refractivity contribution in [3.8, 4) is 11.5 Å². The van der Waals surface area contributed by atoms with Crippen LogP contribution in [0, 0.1) is 10.1 Å². The maximum Gasteiger partial charge on any atom is 0.263 e. The van der Waals surface area contributed by atoms with Crippen LogP contribution in [0.25, 0.3) is 0 Å². The van der Waals surface area contributed by atoms with Crippen LogP contribution < -0.4 is 14.8 Å². The maximum atomic E-state index is 10.4. The van der Waals surface area contributed by atoms with Crippen molar-refractivity contribution in [1.82, 2.24) is 5.32 Å². The molecule has 0 aromatic heterocycles. The highest BCUT2D eigenvalue weighted by molar-refractivity contribution is 8.02. The minimum absolute atomic E-state index is 0.240. The van der Waals surface area contributed by atoms with Crippen LogP contribution >= 0.6 is 11.8 Å². The van der Waals surface area contributed by atoms with Gasteiger partial charge < -0.3 is 14.8 Å². The summed E-state index contributed by atoms with van der Waals surface area (Å²) in [6.07, 6.45) is 2.74. The van der Waals surface area contributed by atoms with Crippen molar-refractivity contribution < 1.29 is 14.4 Å². The minimum atomic E-state index is -0.474. The third-order valence-corrected chi connectivity index (χ3v) is 3.04. The number of thioether (sulfide) groups is 1. The van der Waals surface area contributed by atoms with Crippen LogP contribution in [0.3, 0.4) is 0 Å². The van der Waals surface area contributed by atoms with Crippen LogP contribution in [0.5, 0.6) is 11.5 Å². The van der Waals surface area contributed by atoms with Gasteiger partial charge in [-0.25, -0.2) is 0 Å². The summed E-state index contributed by atoms with van der Waals surface area (Å²) in [6, 6.07) is 5.58. The molecule has 1 N–H and O–H groups in total. The molecule has 2 rings (SSSR count). The number of fused-ring (bicyclic) bond motifs is 1. The van der Waals surface area contributed by atoms with E-state index in [2.05, 4.69) is 5.32 Å². The van der Waals surface area contributed by atoms with Crippen LogP contribution in [0.1, 0.15) is 5.56 Å². The van der Waals surface area contributed by atoms with Crippen molar-refractivity contribution >= 4 is 11.8 Å². The van der Waals surface area contributed by atoms with Crippen LogP contribution in [0.4, 0.5) is 0 Å². The van der Waals surface area contributed by atoms with E-state index in [1.54, 1.807) is 6.26 Å². The molecule has 0 saturated heterocycles. The zero-order chi connectivity index (χ0) is 13.0. The average molecular weight is 268 g/mol. The highest BCUT2D eigenvalue weighted by atomic mass is 32.2. The number of nitrogens with zero attached hydrogens (tertiary/aromatic N) is 1. The second kappa shape index (κ2) is 5.63. The van der Waals surface area contributed by atoms with E-state index in [-0.39, 0.29) is 6.79 Å². The van der Waals surface area contributed by atoms with Gasteiger partial charge >= 0.3 is 0 Å². The molecule has 0 atom stereocenters. The molecule has 1 aliphatic heterocycles. The first-order chi connectivity index (χ1) is 8.69. The second-order valence-corrected chi connectivity index (χ2v) is 4.37. The summed E-state index contributed by atoms with van der Waals surface area (Å²) >= 11 is 1.30. The van der Waals surface area contributed by atoms with Gasteiger partial charge in [0, 0.05) is 6.54 Å². The predicted molar refractivity (Wildman–Crippen MR) is 68.0 cm³/mol. The Morgan fingerprint density at radius 3 is 3.06 bits per heavy atom. The van der Waals surface area contributed by atoms with Crippen molar-refractivity contribution in [2.24, 2.45) is 0 Å². The summed E-state index contributed by atoms with van der Waals surface area (Å²) in [7, 11) is 0. The Hall–Kier alpha value is -1.89. The molecule has 1 aromatic carbocycles. The van der Waals surface area contributed by atoms with Crippen LogP contribution in [-0.2, 0) is 6.54 Å². The molecule has 1 aliphatic rings. The summed E-state index contributed by atoms with van der Waals surface area (Å²) in [6.45, 7) is 0.737. The molecule has 0 fully saturated rings. The van der Waals surface area contributed by atoms with Crippen LogP contribution in [-0.4, -0.2) is 18.0 Å². The fourth-order valence-electron chi connectivity index (χ4n) is 1.51. The summed E-state index contributed by atoms with van der Waals surface area (Å²) in [5, 5.41) is 13.9. The fourth-order valence-corrected chi connectivity index (χ4v) is 1.91. The Kier molecular flexibility index (Phi) is 3.93. The monoisotopic (exact) mass is 268 g/mol. The molecule has 0 aliphatic carbocycles. The number of nitrogens with one attached hydrogen (secondary N) is 1. The van der Waals surface area contributed by atoms with Gasteiger partial charge in [0.2, 0.25) is 6.79 Å². The van der Waals surface area contributed by atoms with Gasteiger partial charge in [0.25, 0.3) is 6.20 Å². The number of hydrogen-bond donors (Lipinski definition) is 1. The van der Waals surface area contributed by atoms with Gasteiger partial charge in [-0.05, 0) is 24.0 Å². The van der Waals surface area contributed by atoms with Gasteiger partial charge in [-0.2, -0.15) is 0 Å². The Labute approximate surface area is 108 Å². The lowest BCUT2D eigenvalue weighted by Crippen LogP contribution is -2.11. The number of ether oxygens (including phenoxy) is 2. The molecular formula is C11H12N2O4S. The van der Waals surface area contributed by atoms with E-state index in [9.17, 15) is 10.1 Å². The number of hydrogen-bond acceptors (Lipinski definition) is 6. The van der Waals surface area contributed by atoms with Crippen molar-refractivity contribution in [3.63, 3.8) is 0 Å². The number of rotatable bonds is 5. The molecule has 0 unspecified atom stereocenters. The number of nitro groups is 1. The first kappa shape index (κ1) is 12.6. The molecular weight excluding hydrogens is 256 g/mol. The van der Waals surface area contributed by atoms with E-state index in [1.807, 2.05) is 18.2 Å². The third kappa shape index (κ3) is 3.07. The normalized spacial score (nSPS) is 13.5. The molecule has 18 heavy (non-hydrogen) atoms. The largest absolute Gasteiger partial charge is 0.454 e. The molecule has 6 nitrogen and oxygen atoms in total. The second-order valence-electron chi connectivity index (χ2n) is 3.52. The van der Waals surface area contributed by atoms with E-state index in [1.165, 1.54) is 11.8 Å². The van der Waals surface area contributed by atoms with Crippen molar-refractivity contribution in [3.05, 3.63) is 45.1 Å². The number of benzene rings is 1. The highest BCUT2D eigenvalue weighted by Crippen LogP contribution is 2.32. The molecule has 0 amide bonds. The zero-order valence-corrected chi connectivity index (χ0v) is 10.5. The molecule has 1 aromatic rings. The molecule has 0 saturated carbocycles. The lowest BCUT2D eigenvalue weighted by Gasteiger charge is -2.06. The molecule has 0 bridgehead atoms. The molecule has 7 heteroatoms. The zero-order valence-electron chi connectivity index (χ0n) is 9.71. The van der Waals surface area contributed by atoms with Crippen molar-refractivity contribution in [2.75, 3.05) is 13.0 Å². The molecule has 96 valence electrons.